The van der Waals surface area contributed by atoms with Gasteiger partial charge in [-0.2, -0.15) is 0 Å². The Morgan fingerprint density at radius 1 is 1.41 bits per heavy atom. The molecule has 0 aliphatic carbocycles. The molecule has 8 heteroatoms. The molecule has 1 aliphatic rings. The van der Waals surface area contributed by atoms with Crippen molar-refractivity contribution in [3.63, 3.8) is 0 Å². The summed E-state index contributed by atoms with van der Waals surface area (Å²) in [5.74, 6) is 0.492. The molecule has 0 atom stereocenters. The molecule has 2 heterocycles. The fourth-order valence-electron chi connectivity index (χ4n) is 1.53. The first-order valence-corrected chi connectivity index (χ1v) is 4.89. The van der Waals surface area contributed by atoms with Crippen molar-refractivity contribution in [2.45, 2.75) is 19.1 Å². The second-order valence-corrected chi connectivity index (χ2v) is 3.62. The number of nitrogens with zero attached hydrogens (tertiary/aromatic N) is 3. The molecule has 2 rings (SSSR count). The minimum atomic E-state index is -4.60. The van der Waals surface area contributed by atoms with Gasteiger partial charge in [0.15, 0.2) is 0 Å². The lowest BCUT2D eigenvalue weighted by atomic mass is 10.1. The minimum Gasteiger partial charge on any atom is -0.390 e. The van der Waals surface area contributed by atoms with Crippen molar-refractivity contribution < 1.29 is 23.0 Å². The Kier molecular flexibility index (Phi) is 3.16. The van der Waals surface area contributed by atoms with Crippen LogP contribution in [0.2, 0.25) is 0 Å². The van der Waals surface area contributed by atoms with Gasteiger partial charge in [-0.05, 0) is 0 Å². The third kappa shape index (κ3) is 3.04. The number of aliphatic hydroxyl groups excluding tert-OH is 1. The van der Waals surface area contributed by atoms with Crippen LogP contribution in [0, 0.1) is 0 Å². The number of anilines is 1. The third-order valence-electron chi connectivity index (χ3n) is 2.34. The van der Waals surface area contributed by atoms with Crippen LogP contribution in [0.4, 0.5) is 19.0 Å². The number of aliphatic hydroxyl groups is 1. The first-order valence-electron chi connectivity index (χ1n) is 4.89. The summed E-state index contributed by atoms with van der Waals surface area (Å²) < 4.78 is 39.5. The number of alkyl halides is 3. The Balaban J connectivity index is 1.90. The largest absolute Gasteiger partial charge is 0.522 e. The molecule has 0 saturated carbocycles. The molecule has 1 fully saturated rings. The van der Waals surface area contributed by atoms with Crippen LogP contribution in [-0.4, -0.2) is 40.6 Å². The molecule has 1 aromatic rings. The van der Waals surface area contributed by atoms with Crippen molar-refractivity contribution >= 4 is 5.82 Å². The third-order valence-corrected chi connectivity index (χ3v) is 2.34. The SMILES string of the molecule is OCc1cc(N2CC(OC(F)(F)F)C2)ncn1. The smallest absolute Gasteiger partial charge is 0.390 e. The Bertz CT molecular complexity index is 393. The summed E-state index contributed by atoms with van der Waals surface area (Å²) in [6.45, 7) is 0.0224. The van der Waals surface area contributed by atoms with Crippen molar-refractivity contribution in [2.75, 3.05) is 18.0 Å². The average Bonchev–Trinajstić information content (AvgIpc) is 2.21. The van der Waals surface area contributed by atoms with Gasteiger partial charge in [-0.3, -0.25) is 4.74 Å². The standard InChI is InChI=1S/C9H10F3N3O2/c10-9(11,12)17-7-2-15(3-7)8-1-6(4-16)13-5-14-8/h1,5,7,16H,2-4H2. The Labute approximate surface area is 94.9 Å². The van der Waals surface area contributed by atoms with Crippen LogP contribution >= 0.6 is 0 Å². The van der Waals surface area contributed by atoms with Gasteiger partial charge in [0.1, 0.15) is 18.2 Å². The van der Waals surface area contributed by atoms with Gasteiger partial charge >= 0.3 is 6.36 Å². The summed E-state index contributed by atoms with van der Waals surface area (Å²) in [4.78, 5) is 9.31. The van der Waals surface area contributed by atoms with Crippen LogP contribution in [0.25, 0.3) is 0 Å². The summed E-state index contributed by atoms with van der Waals surface area (Å²) in [5.41, 5.74) is 0.426. The lowest BCUT2D eigenvalue weighted by Crippen LogP contribution is -2.54. The molecule has 0 bridgehead atoms. The zero-order valence-electron chi connectivity index (χ0n) is 8.68. The number of halogens is 3. The summed E-state index contributed by atoms with van der Waals surface area (Å²) in [5, 5.41) is 8.86. The highest BCUT2D eigenvalue weighted by Crippen LogP contribution is 2.26. The molecule has 17 heavy (non-hydrogen) atoms. The minimum absolute atomic E-state index is 0.126. The maximum Gasteiger partial charge on any atom is 0.522 e. The maximum absolute atomic E-state index is 11.9. The van der Waals surface area contributed by atoms with Gasteiger partial charge in [0, 0.05) is 19.2 Å². The van der Waals surface area contributed by atoms with E-state index in [2.05, 4.69) is 14.7 Å². The van der Waals surface area contributed by atoms with Gasteiger partial charge in [0.25, 0.3) is 0 Å². The molecular formula is C9H10F3N3O2. The molecule has 0 radical (unpaired) electrons. The zero-order valence-corrected chi connectivity index (χ0v) is 8.68. The lowest BCUT2D eigenvalue weighted by Gasteiger charge is -2.39. The number of hydrogen-bond donors (Lipinski definition) is 1. The van der Waals surface area contributed by atoms with Gasteiger partial charge in [0.05, 0.1) is 12.3 Å². The van der Waals surface area contributed by atoms with Crippen molar-refractivity contribution in [1.29, 1.82) is 0 Å². The van der Waals surface area contributed by atoms with E-state index in [1.165, 1.54) is 12.4 Å². The molecule has 0 aromatic carbocycles. The molecule has 1 saturated heterocycles. The van der Waals surface area contributed by atoms with Gasteiger partial charge in [-0.1, -0.05) is 0 Å². The van der Waals surface area contributed by atoms with E-state index in [0.717, 1.165) is 0 Å². The molecular weight excluding hydrogens is 239 g/mol. The zero-order chi connectivity index (χ0) is 12.5. The molecule has 0 amide bonds. The quantitative estimate of drug-likeness (QED) is 0.854. The summed E-state index contributed by atoms with van der Waals surface area (Å²) in [6, 6.07) is 1.53. The summed E-state index contributed by atoms with van der Waals surface area (Å²) in [7, 11) is 0. The van der Waals surface area contributed by atoms with Crippen LogP contribution in [0.1, 0.15) is 5.69 Å². The Hall–Kier alpha value is -1.41. The molecule has 1 aromatic heterocycles. The van der Waals surface area contributed by atoms with Gasteiger partial charge in [-0.25, -0.2) is 9.97 Å². The fraction of sp³-hybridized carbons (Fsp3) is 0.556. The van der Waals surface area contributed by atoms with E-state index in [4.69, 9.17) is 5.11 Å². The van der Waals surface area contributed by atoms with Gasteiger partial charge < -0.3 is 10.0 Å². The highest BCUT2D eigenvalue weighted by Gasteiger charge is 2.39. The molecule has 1 N–H and O–H groups in total. The van der Waals surface area contributed by atoms with Gasteiger partial charge in [-0.15, -0.1) is 13.2 Å². The van der Waals surface area contributed by atoms with E-state index < -0.39 is 12.5 Å². The van der Waals surface area contributed by atoms with Crippen LogP contribution in [0.15, 0.2) is 12.4 Å². The Morgan fingerprint density at radius 2 is 2.12 bits per heavy atom. The topological polar surface area (TPSA) is 58.5 Å². The van der Waals surface area contributed by atoms with E-state index in [0.29, 0.717) is 11.5 Å². The molecule has 5 nitrogen and oxygen atoms in total. The van der Waals surface area contributed by atoms with Crippen LogP contribution < -0.4 is 4.90 Å². The molecule has 1 aliphatic heterocycles. The van der Waals surface area contributed by atoms with Crippen molar-refractivity contribution in [2.24, 2.45) is 0 Å². The first kappa shape index (κ1) is 12.1. The van der Waals surface area contributed by atoms with Gasteiger partial charge in [0.2, 0.25) is 0 Å². The fourth-order valence-corrected chi connectivity index (χ4v) is 1.53. The second kappa shape index (κ2) is 4.46. The molecule has 0 spiro atoms. The second-order valence-electron chi connectivity index (χ2n) is 3.62. The van der Waals surface area contributed by atoms with Crippen molar-refractivity contribution in [3.8, 4) is 0 Å². The number of ether oxygens (including phenoxy) is 1. The first-order chi connectivity index (χ1) is 7.98. The highest BCUT2D eigenvalue weighted by atomic mass is 19.4. The molecule has 94 valence electrons. The van der Waals surface area contributed by atoms with E-state index in [9.17, 15) is 13.2 Å². The lowest BCUT2D eigenvalue weighted by molar-refractivity contribution is -0.344. The predicted octanol–water partition coefficient (Wildman–Crippen LogP) is 0.694. The molecule has 0 unspecified atom stereocenters. The van der Waals surface area contributed by atoms with Crippen molar-refractivity contribution in [3.05, 3.63) is 18.1 Å². The van der Waals surface area contributed by atoms with Crippen LogP contribution in [0.5, 0.6) is 0 Å². The predicted molar refractivity (Wildman–Crippen MR) is 51.1 cm³/mol. The highest BCUT2D eigenvalue weighted by molar-refractivity contribution is 5.42. The van der Waals surface area contributed by atoms with Crippen LogP contribution in [-0.2, 0) is 11.3 Å². The van der Waals surface area contributed by atoms with E-state index >= 15 is 0 Å². The average molecular weight is 249 g/mol. The summed E-state index contributed by atoms with van der Waals surface area (Å²) >= 11 is 0. The van der Waals surface area contributed by atoms with Crippen molar-refractivity contribution in [1.82, 2.24) is 9.97 Å². The number of hydrogen-bond acceptors (Lipinski definition) is 5. The van der Waals surface area contributed by atoms with E-state index in [1.54, 1.807) is 4.90 Å². The number of aromatic nitrogens is 2. The Morgan fingerprint density at radius 3 is 2.71 bits per heavy atom. The van der Waals surface area contributed by atoms with E-state index in [1.807, 2.05) is 0 Å². The normalized spacial score (nSPS) is 17.1. The maximum atomic E-state index is 11.9. The van der Waals surface area contributed by atoms with E-state index in [-0.39, 0.29) is 19.7 Å². The van der Waals surface area contributed by atoms with Crippen LogP contribution in [0.3, 0.4) is 0 Å². The summed E-state index contributed by atoms with van der Waals surface area (Å²) in [6.07, 6.45) is -4.19. The number of rotatable bonds is 3. The monoisotopic (exact) mass is 249 g/mol.